The molecule has 2 rings (SSSR count). The Bertz CT molecular complexity index is 409. The maximum Gasteiger partial charge on any atom is 0.134 e. The molecule has 0 unspecified atom stereocenters. The smallest absolute Gasteiger partial charge is 0.134 e. The average molecular weight is 276 g/mol. The van der Waals surface area contributed by atoms with Gasteiger partial charge in [0.2, 0.25) is 0 Å². The Hall–Kier alpha value is -1.19. The topological polar surface area (TPSA) is 23.6 Å². The lowest BCUT2D eigenvalue weighted by Gasteiger charge is -2.32. The lowest BCUT2D eigenvalue weighted by Crippen LogP contribution is -2.44. The van der Waals surface area contributed by atoms with Gasteiger partial charge in [-0.2, -0.15) is 0 Å². The zero-order valence-electron chi connectivity index (χ0n) is 13.4. The summed E-state index contributed by atoms with van der Waals surface area (Å²) in [7, 11) is 2.17. The van der Waals surface area contributed by atoms with Gasteiger partial charge in [0.15, 0.2) is 0 Å². The molecule has 3 nitrogen and oxygen atoms in total. The standard InChI is InChI=1S/C15H22N2O.C2H6/c1-13(18)11-14-5-3-4-6-15(14)12-17-9-7-16(2)8-10-17;1-2/h3-6H,7-12H2,1-2H3;1-2H3. The predicted molar refractivity (Wildman–Crippen MR) is 84.9 cm³/mol. The van der Waals surface area contributed by atoms with Crippen molar-refractivity contribution in [1.29, 1.82) is 0 Å². The Morgan fingerprint density at radius 1 is 1.05 bits per heavy atom. The van der Waals surface area contributed by atoms with Gasteiger partial charge in [0.25, 0.3) is 0 Å². The van der Waals surface area contributed by atoms with Crippen molar-refractivity contribution in [3.8, 4) is 0 Å². The molecule has 0 radical (unpaired) electrons. The molecule has 20 heavy (non-hydrogen) atoms. The molecule has 1 fully saturated rings. The van der Waals surface area contributed by atoms with Gasteiger partial charge in [-0.1, -0.05) is 38.1 Å². The van der Waals surface area contributed by atoms with Crippen LogP contribution in [-0.4, -0.2) is 48.8 Å². The fourth-order valence-corrected chi connectivity index (χ4v) is 2.40. The molecule has 1 aliphatic heterocycles. The van der Waals surface area contributed by atoms with E-state index in [0.717, 1.165) is 32.7 Å². The van der Waals surface area contributed by atoms with E-state index >= 15 is 0 Å². The molecule has 0 aromatic heterocycles. The summed E-state index contributed by atoms with van der Waals surface area (Å²) in [5.74, 6) is 0.237. The zero-order valence-corrected chi connectivity index (χ0v) is 13.4. The number of ketones is 1. The van der Waals surface area contributed by atoms with E-state index in [9.17, 15) is 4.79 Å². The Labute approximate surface area is 123 Å². The molecule has 0 amide bonds. The lowest BCUT2D eigenvalue weighted by atomic mass is 10.0. The minimum Gasteiger partial charge on any atom is -0.304 e. The van der Waals surface area contributed by atoms with Gasteiger partial charge in [-0.05, 0) is 25.1 Å². The van der Waals surface area contributed by atoms with Crippen molar-refractivity contribution in [3.05, 3.63) is 35.4 Å². The van der Waals surface area contributed by atoms with E-state index in [0.29, 0.717) is 6.42 Å². The van der Waals surface area contributed by atoms with Crippen LogP contribution in [0.4, 0.5) is 0 Å². The van der Waals surface area contributed by atoms with Crippen LogP contribution in [0.3, 0.4) is 0 Å². The van der Waals surface area contributed by atoms with Gasteiger partial charge in [0.05, 0.1) is 0 Å². The second kappa shape index (κ2) is 8.88. The zero-order chi connectivity index (χ0) is 15.0. The third-order valence-electron chi connectivity index (χ3n) is 3.55. The molecule has 0 atom stereocenters. The first kappa shape index (κ1) is 16.9. The second-order valence-electron chi connectivity index (χ2n) is 5.23. The first-order valence-corrected chi connectivity index (χ1v) is 7.62. The summed E-state index contributed by atoms with van der Waals surface area (Å²) in [5.41, 5.74) is 2.49. The van der Waals surface area contributed by atoms with Gasteiger partial charge in [-0.3, -0.25) is 9.69 Å². The van der Waals surface area contributed by atoms with Gasteiger partial charge in [-0.15, -0.1) is 0 Å². The van der Waals surface area contributed by atoms with Crippen molar-refractivity contribution in [2.75, 3.05) is 33.2 Å². The number of carbonyl (C=O) groups is 1. The monoisotopic (exact) mass is 276 g/mol. The quantitative estimate of drug-likeness (QED) is 0.844. The molecule has 1 aromatic rings. The molecule has 1 aromatic carbocycles. The van der Waals surface area contributed by atoms with Gasteiger partial charge in [-0.25, -0.2) is 0 Å². The normalized spacial score (nSPS) is 16.4. The van der Waals surface area contributed by atoms with Gasteiger partial charge >= 0.3 is 0 Å². The van der Waals surface area contributed by atoms with Crippen LogP contribution in [0.5, 0.6) is 0 Å². The first-order valence-electron chi connectivity index (χ1n) is 7.62. The molecule has 1 heterocycles. The van der Waals surface area contributed by atoms with Gasteiger partial charge in [0, 0.05) is 39.1 Å². The SMILES string of the molecule is CC.CC(=O)Cc1ccccc1CN1CCN(C)CC1. The summed E-state index contributed by atoms with van der Waals surface area (Å²) in [6.45, 7) is 11.1. The van der Waals surface area contributed by atoms with Crippen LogP contribution in [-0.2, 0) is 17.8 Å². The van der Waals surface area contributed by atoms with Crippen molar-refractivity contribution in [3.63, 3.8) is 0 Å². The fraction of sp³-hybridized carbons (Fsp3) is 0.588. The summed E-state index contributed by atoms with van der Waals surface area (Å²) in [4.78, 5) is 16.1. The summed E-state index contributed by atoms with van der Waals surface area (Å²) >= 11 is 0. The van der Waals surface area contributed by atoms with E-state index in [2.05, 4.69) is 35.0 Å². The molecule has 112 valence electrons. The van der Waals surface area contributed by atoms with E-state index < -0.39 is 0 Å². The van der Waals surface area contributed by atoms with Crippen LogP contribution in [0.1, 0.15) is 31.9 Å². The van der Waals surface area contributed by atoms with Gasteiger partial charge < -0.3 is 4.90 Å². The summed E-state index contributed by atoms with van der Waals surface area (Å²) < 4.78 is 0. The third-order valence-corrected chi connectivity index (χ3v) is 3.55. The number of hydrogen-bond donors (Lipinski definition) is 0. The van der Waals surface area contributed by atoms with Crippen molar-refractivity contribution < 1.29 is 4.79 Å². The summed E-state index contributed by atoms with van der Waals surface area (Å²) in [6.07, 6.45) is 0.559. The average Bonchev–Trinajstić information content (AvgIpc) is 2.45. The number of carbonyl (C=O) groups excluding carboxylic acids is 1. The second-order valence-corrected chi connectivity index (χ2v) is 5.23. The van der Waals surface area contributed by atoms with E-state index in [4.69, 9.17) is 0 Å². The van der Waals surface area contributed by atoms with E-state index in [1.165, 1.54) is 11.1 Å². The Morgan fingerprint density at radius 2 is 1.60 bits per heavy atom. The van der Waals surface area contributed by atoms with Crippen LogP contribution in [0.25, 0.3) is 0 Å². The summed E-state index contributed by atoms with van der Waals surface area (Å²) in [5, 5.41) is 0. The van der Waals surface area contributed by atoms with Crippen LogP contribution in [0, 0.1) is 0 Å². The highest BCUT2D eigenvalue weighted by Gasteiger charge is 2.15. The Morgan fingerprint density at radius 3 is 2.15 bits per heavy atom. The molecular weight excluding hydrogens is 248 g/mol. The number of benzene rings is 1. The Balaban J connectivity index is 0.000000956. The molecule has 0 spiro atoms. The fourth-order valence-electron chi connectivity index (χ4n) is 2.40. The number of hydrogen-bond acceptors (Lipinski definition) is 3. The van der Waals surface area contributed by atoms with Crippen LogP contribution in [0.2, 0.25) is 0 Å². The van der Waals surface area contributed by atoms with Crippen LogP contribution in [0.15, 0.2) is 24.3 Å². The van der Waals surface area contributed by atoms with Crippen molar-refractivity contribution in [2.45, 2.75) is 33.7 Å². The van der Waals surface area contributed by atoms with Crippen molar-refractivity contribution in [1.82, 2.24) is 9.80 Å². The number of rotatable bonds is 4. The van der Waals surface area contributed by atoms with Crippen molar-refractivity contribution in [2.24, 2.45) is 0 Å². The molecule has 0 aliphatic carbocycles. The molecule has 0 N–H and O–H groups in total. The highest BCUT2D eigenvalue weighted by atomic mass is 16.1. The highest BCUT2D eigenvalue weighted by molar-refractivity contribution is 5.78. The maximum atomic E-state index is 11.3. The largest absolute Gasteiger partial charge is 0.304 e. The predicted octanol–water partition coefficient (Wildman–Crippen LogP) is 2.59. The molecule has 1 aliphatic rings. The van der Waals surface area contributed by atoms with E-state index in [1.807, 2.05) is 19.9 Å². The maximum absolute atomic E-state index is 11.3. The number of Topliss-reactive ketones (excluding diaryl/α,β-unsaturated/α-hetero) is 1. The molecule has 3 heteroatoms. The number of likely N-dealkylation sites (N-methyl/N-ethyl adjacent to an activating group) is 1. The number of piperazine rings is 1. The minimum atomic E-state index is 0.237. The lowest BCUT2D eigenvalue weighted by molar-refractivity contribution is -0.116. The number of nitrogens with zero attached hydrogens (tertiary/aromatic N) is 2. The molecule has 1 saturated heterocycles. The van der Waals surface area contributed by atoms with Gasteiger partial charge in [0.1, 0.15) is 5.78 Å². The molecular formula is C17H28N2O. The summed E-state index contributed by atoms with van der Waals surface area (Å²) in [6, 6.07) is 8.31. The van der Waals surface area contributed by atoms with Crippen LogP contribution < -0.4 is 0 Å². The van der Waals surface area contributed by atoms with Crippen molar-refractivity contribution >= 4 is 5.78 Å². The first-order chi connectivity index (χ1) is 9.65. The van der Waals surface area contributed by atoms with Crippen LogP contribution >= 0.6 is 0 Å². The highest BCUT2D eigenvalue weighted by Crippen LogP contribution is 2.14. The molecule has 0 saturated carbocycles. The third kappa shape index (κ3) is 5.43. The molecule has 0 bridgehead atoms. The van der Waals surface area contributed by atoms with E-state index in [1.54, 1.807) is 6.92 Å². The minimum absolute atomic E-state index is 0.237. The van der Waals surface area contributed by atoms with E-state index in [-0.39, 0.29) is 5.78 Å². The Kier molecular flexibility index (Phi) is 7.48.